The van der Waals surface area contributed by atoms with Crippen LogP contribution in [0.2, 0.25) is 0 Å². The molecule has 4 rings (SSSR count). The lowest BCUT2D eigenvalue weighted by Gasteiger charge is -2.26. The highest BCUT2D eigenvalue weighted by atomic mass is 35.5. The van der Waals surface area contributed by atoms with E-state index in [-0.39, 0.29) is 18.3 Å². The number of carbonyl (C=O) groups excluding carboxylic acids is 1. The minimum absolute atomic E-state index is 0. The number of anilines is 2. The Hall–Kier alpha value is -3.21. The van der Waals surface area contributed by atoms with Gasteiger partial charge in [0.05, 0.1) is 25.9 Å². The Morgan fingerprint density at radius 3 is 2.65 bits per heavy atom. The summed E-state index contributed by atoms with van der Waals surface area (Å²) in [4.78, 5) is 14.7. The van der Waals surface area contributed by atoms with E-state index in [9.17, 15) is 9.18 Å². The summed E-state index contributed by atoms with van der Waals surface area (Å²) in [5, 5.41) is 14.1. The molecule has 11 heteroatoms. The number of carbonyl (C=O) groups is 1. The van der Waals surface area contributed by atoms with E-state index in [2.05, 4.69) is 25.7 Å². The minimum atomic E-state index is -0.400. The number of nitrogens with zero attached hydrogens (tertiary/aromatic N) is 3. The molecule has 182 valence electrons. The van der Waals surface area contributed by atoms with Gasteiger partial charge in [0, 0.05) is 37.0 Å². The van der Waals surface area contributed by atoms with Gasteiger partial charge in [-0.15, -0.1) is 17.5 Å². The summed E-state index contributed by atoms with van der Waals surface area (Å²) < 4.78 is 29.6. The topological polar surface area (TPSA) is 102 Å². The highest BCUT2D eigenvalue weighted by molar-refractivity contribution is 6.04. The van der Waals surface area contributed by atoms with Crippen LogP contribution in [0.5, 0.6) is 5.75 Å². The number of ether oxygens (including phenoxy) is 2. The highest BCUT2D eigenvalue weighted by Gasteiger charge is 2.16. The molecule has 1 saturated heterocycles. The van der Waals surface area contributed by atoms with Crippen molar-refractivity contribution in [1.29, 1.82) is 0 Å². The molecule has 0 atom stereocenters. The van der Waals surface area contributed by atoms with Crippen molar-refractivity contribution in [1.82, 2.24) is 15.1 Å². The number of rotatable bonds is 9. The monoisotopic (exact) mass is 491 g/mol. The molecule has 0 aliphatic carbocycles. The van der Waals surface area contributed by atoms with Gasteiger partial charge in [0.1, 0.15) is 11.6 Å². The molecule has 0 unspecified atom stereocenters. The van der Waals surface area contributed by atoms with Crippen LogP contribution in [0.15, 0.2) is 46.9 Å². The molecule has 1 aliphatic rings. The second-order valence-electron chi connectivity index (χ2n) is 7.52. The van der Waals surface area contributed by atoms with Crippen molar-refractivity contribution in [2.45, 2.75) is 6.42 Å². The number of nitrogens with one attached hydrogen (secondary N) is 2. The highest BCUT2D eigenvalue weighted by Crippen LogP contribution is 2.32. The summed E-state index contributed by atoms with van der Waals surface area (Å²) in [7, 11) is 1.52. The normalized spacial score (nSPS) is 13.7. The lowest BCUT2D eigenvalue weighted by atomic mass is 10.1. The zero-order valence-corrected chi connectivity index (χ0v) is 19.6. The van der Waals surface area contributed by atoms with E-state index in [1.54, 1.807) is 18.2 Å². The Balaban J connectivity index is 0.00000324. The molecular formula is C23H27ClFN5O4. The summed E-state index contributed by atoms with van der Waals surface area (Å²) in [6, 6.07) is 10.8. The first-order chi connectivity index (χ1) is 16.1. The van der Waals surface area contributed by atoms with Gasteiger partial charge in [-0.1, -0.05) is 5.10 Å². The molecule has 0 bridgehead atoms. The third kappa shape index (κ3) is 6.66. The van der Waals surface area contributed by atoms with Crippen molar-refractivity contribution in [2.24, 2.45) is 0 Å². The molecule has 0 saturated carbocycles. The molecule has 1 aliphatic heterocycles. The second-order valence-corrected chi connectivity index (χ2v) is 7.52. The Labute approximate surface area is 203 Å². The fourth-order valence-electron chi connectivity index (χ4n) is 3.48. The van der Waals surface area contributed by atoms with Gasteiger partial charge in [-0.25, -0.2) is 4.39 Å². The molecule has 3 aromatic rings. The lowest BCUT2D eigenvalue weighted by Crippen LogP contribution is -2.37. The maximum Gasteiger partial charge on any atom is 0.315 e. The van der Waals surface area contributed by atoms with Crippen LogP contribution in [0.25, 0.3) is 11.5 Å². The fraction of sp³-hybridized carbons (Fsp3) is 0.348. The molecule has 1 aromatic heterocycles. The van der Waals surface area contributed by atoms with Crippen LogP contribution in [0, 0.1) is 5.82 Å². The summed E-state index contributed by atoms with van der Waals surface area (Å²) in [6.45, 7) is 5.20. The van der Waals surface area contributed by atoms with Crippen molar-refractivity contribution in [3.8, 4) is 17.2 Å². The van der Waals surface area contributed by atoms with Crippen LogP contribution in [-0.2, 0) is 4.74 Å². The smallest absolute Gasteiger partial charge is 0.315 e. The molecule has 2 N–H and O–H groups in total. The van der Waals surface area contributed by atoms with Gasteiger partial charge in [0.25, 0.3) is 11.8 Å². The number of benzene rings is 2. The van der Waals surface area contributed by atoms with Gasteiger partial charge >= 0.3 is 6.01 Å². The summed E-state index contributed by atoms with van der Waals surface area (Å²) in [6.07, 6.45) is 0.948. The Morgan fingerprint density at radius 2 is 1.91 bits per heavy atom. The predicted octanol–water partition coefficient (Wildman–Crippen LogP) is 3.69. The number of aromatic nitrogens is 2. The van der Waals surface area contributed by atoms with Crippen LogP contribution in [-0.4, -0.2) is 67.5 Å². The van der Waals surface area contributed by atoms with E-state index in [0.717, 1.165) is 39.3 Å². The Kier molecular flexibility index (Phi) is 9.20. The maximum absolute atomic E-state index is 13.1. The number of halogens is 2. The number of amides is 1. The molecule has 9 nitrogen and oxygen atoms in total. The Morgan fingerprint density at radius 1 is 1.15 bits per heavy atom. The standard InChI is InChI=1S/C23H26FN5O4.ClH/c1-31-20-15-18(26-21(30)16-3-5-17(24)6-4-16)7-8-19(20)22-27-28-23(33-22)25-9-2-10-29-11-13-32-14-12-29;/h3-8,15H,2,9-14H2,1H3,(H,25,28)(H,26,30);1H. The minimum Gasteiger partial charge on any atom is -0.496 e. The molecule has 2 aromatic carbocycles. The summed E-state index contributed by atoms with van der Waals surface area (Å²) in [5.41, 5.74) is 1.47. The lowest BCUT2D eigenvalue weighted by molar-refractivity contribution is 0.0378. The van der Waals surface area contributed by atoms with Crippen LogP contribution >= 0.6 is 12.4 Å². The van der Waals surface area contributed by atoms with Crippen molar-refractivity contribution in [2.75, 3.05) is 57.1 Å². The first kappa shape index (κ1) is 25.4. The largest absolute Gasteiger partial charge is 0.496 e. The third-order valence-electron chi connectivity index (χ3n) is 5.25. The van der Waals surface area contributed by atoms with Gasteiger partial charge in [-0.3, -0.25) is 9.69 Å². The summed E-state index contributed by atoms with van der Waals surface area (Å²) >= 11 is 0. The number of methoxy groups -OCH3 is 1. The molecule has 1 amide bonds. The van der Waals surface area contributed by atoms with Crippen molar-refractivity contribution >= 4 is 30.0 Å². The van der Waals surface area contributed by atoms with Gasteiger partial charge in [-0.05, 0) is 49.4 Å². The molecule has 0 spiro atoms. The fourth-order valence-corrected chi connectivity index (χ4v) is 3.48. The van der Waals surface area contributed by atoms with Crippen molar-refractivity contribution in [3.05, 3.63) is 53.8 Å². The predicted molar refractivity (Wildman–Crippen MR) is 128 cm³/mol. The van der Waals surface area contributed by atoms with E-state index in [1.807, 2.05) is 0 Å². The van der Waals surface area contributed by atoms with E-state index >= 15 is 0 Å². The average Bonchev–Trinajstić information content (AvgIpc) is 3.31. The Bertz CT molecular complexity index is 1070. The quantitative estimate of drug-likeness (QED) is 0.437. The maximum atomic E-state index is 13.1. The van der Waals surface area contributed by atoms with Gasteiger partial charge < -0.3 is 24.5 Å². The van der Waals surface area contributed by atoms with E-state index in [0.29, 0.717) is 41.0 Å². The van der Waals surface area contributed by atoms with Crippen molar-refractivity contribution < 1.29 is 23.1 Å². The zero-order valence-electron chi connectivity index (χ0n) is 18.8. The number of hydrogen-bond donors (Lipinski definition) is 2. The van der Waals surface area contributed by atoms with Crippen LogP contribution in [0.1, 0.15) is 16.8 Å². The van der Waals surface area contributed by atoms with E-state index < -0.39 is 5.82 Å². The third-order valence-corrected chi connectivity index (χ3v) is 5.25. The molecular weight excluding hydrogens is 465 g/mol. The summed E-state index contributed by atoms with van der Waals surface area (Å²) in [5.74, 6) is 0.0163. The second kappa shape index (κ2) is 12.3. The van der Waals surface area contributed by atoms with Gasteiger partial charge in [0.15, 0.2) is 0 Å². The number of morpholine rings is 1. The van der Waals surface area contributed by atoms with Crippen LogP contribution in [0.4, 0.5) is 16.1 Å². The first-order valence-electron chi connectivity index (χ1n) is 10.7. The molecule has 0 radical (unpaired) electrons. The molecule has 2 heterocycles. The first-order valence-corrected chi connectivity index (χ1v) is 10.7. The van der Waals surface area contributed by atoms with Crippen molar-refractivity contribution in [3.63, 3.8) is 0 Å². The van der Waals surface area contributed by atoms with E-state index in [1.165, 1.54) is 31.4 Å². The molecule has 1 fully saturated rings. The van der Waals surface area contributed by atoms with Gasteiger partial charge in [0.2, 0.25) is 0 Å². The van der Waals surface area contributed by atoms with Crippen LogP contribution < -0.4 is 15.4 Å². The van der Waals surface area contributed by atoms with E-state index in [4.69, 9.17) is 13.9 Å². The van der Waals surface area contributed by atoms with Crippen LogP contribution in [0.3, 0.4) is 0 Å². The molecule has 34 heavy (non-hydrogen) atoms. The SMILES string of the molecule is COc1cc(NC(=O)c2ccc(F)cc2)ccc1-c1nnc(NCCCN2CCOCC2)o1.Cl. The zero-order chi connectivity index (χ0) is 23.0. The van der Waals surface area contributed by atoms with Gasteiger partial charge in [-0.2, -0.15) is 0 Å². The average molecular weight is 492 g/mol. The number of hydrogen-bond acceptors (Lipinski definition) is 8.